The van der Waals surface area contributed by atoms with Gasteiger partial charge in [-0.2, -0.15) is 0 Å². The van der Waals surface area contributed by atoms with E-state index in [2.05, 4.69) is 31.2 Å². The topological polar surface area (TPSA) is 46.3 Å². The predicted molar refractivity (Wildman–Crippen MR) is 77.6 cm³/mol. The summed E-state index contributed by atoms with van der Waals surface area (Å²) in [5.74, 6) is 0.296. The summed E-state index contributed by atoms with van der Waals surface area (Å²) < 4.78 is 0. The summed E-state index contributed by atoms with van der Waals surface area (Å²) in [4.78, 5) is 14.5. The molecule has 1 aromatic rings. The monoisotopic (exact) mass is 260 g/mol. The Morgan fingerprint density at radius 3 is 2.53 bits per heavy atom. The maximum Gasteiger partial charge on any atom is 0.225 e. The van der Waals surface area contributed by atoms with E-state index < -0.39 is 0 Å². The quantitative estimate of drug-likeness (QED) is 0.854. The van der Waals surface area contributed by atoms with Crippen molar-refractivity contribution in [1.82, 2.24) is 4.90 Å². The maximum atomic E-state index is 12.5. The van der Waals surface area contributed by atoms with Crippen LogP contribution in [-0.4, -0.2) is 23.4 Å². The van der Waals surface area contributed by atoms with E-state index in [1.807, 2.05) is 11.8 Å². The molecule has 3 heteroatoms. The van der Waals surface area contributed by atoms with E-state index in [4.69, 9.17) is 5.73 Å². The highest BCUT2D eigenvalue weighted by atomic mass is 16.2. The number of rotatable bonds is 6. The van der Waals surface area contributed by atoms with Crippen LogP contribution in [0.2, 0.25) is 0 Å². The molecule has 0 bridgehead atoms. The minimum atomic E-state index is 0.0380. The lowest BCUT2D eigenvalue weighted by atomic mass is 10.1. The van der Waals surface area contributed by atoms with Crippen molar-refractivity contribution >= 4 is 5.91 Å². The van der Waals surface area contributed by atoms with Crippen molar-refractivity contribution in [2.45, 2.75) is 45.7 Å². The first-order valence-electron chi connectivity index (χ1n) is 7.18. The molecular formula is C16H24N2O. The van der Waals surface area contributed by atoms with Crippen LogP contribution in [0.25, 0.3) is 0 Å². The molecule has 1 unspecified atom stereocenters. The molecule has 0 aliphatic heterocycles. The predicted octanol–water partition coefficient (Wildman–Crippen LogP) is 2.47. The molecule has 1 aliphatic rings. The first kappa shape index (κ1) is 14.1. The third-order valence-electron chi connectivity index (χ3n) is 3.77. The lowest BCUT2D eigenvalue weighted by molar-refractivity contribution is -0.136. The van der Waals surface area contributed by atoms with Gasteiger partial charge in [-0.1, -0.05) is 36.8 Å². The van der Waals surface area contributed by atoms with Gasteiger partial charge in [0.1, 0.15) is 0 Å². The number of carbonyl (C=O) groups is 1. The molecule has 0 saturated heterocycles. The minimum Gasteiger partial charge on any atom is -0.335 e. The lowest BCUT2D eigenvalue weighted by Crippen LogP contribution is -2.37. The third-order valence-corrected chi connectivity index (χ3v) is 3.77. The molecule has 2 N–H and O–H groups in total. The maximum absolute atomic E-state index is 12.5. The van der Waals surface area contributed by atoms with Gasteiger partial charge in [-0.25, -0.2) is 0 Å². The number of benzene rings is 1. The van der Waals surface area contributed by atoms with Gasteiger partial charge in [0.25, 0.3) is 0 Å². The summed E-state index contributed by atoms with van der Waals surface area (Å²) in [7, 11) is 0. The second kappa shape index (κ2) is 6.20. The zero-order chi connectivity index (χ0) is 13.8. The average molecular weight is 260 g/mol. The largest absolute Gasteiger partial charge is 0.335 e. The fourth-order valence-electron chi connectivity index (χ4n) is 2.32. The highest BCUT2D eigenvalue weighted by Gasteiger charge is 2.34. The Morgan fingerprint density at radius 2 is 2.00 bits per heavy atom. The van der Waals surface area contributed by atoms with E-state index in [0.717, 1.165) is 25.8 Å². The van der Waals surface area contributed by atoms with Crippen molar-refractivity contribution < 1.29 is 4.79 Å². The smallest absolute Gasteiger partial charge is 0.225 e. The molecule has 1 aliphatic carbocycles. The highest BCUT2D eigenvalue weighted by Crippen LogP contribution is 2.30. The van der Waals surface area contributed by atoms with E-state index in [9.17, 15) is 4.79 Å². The normalized spacial score (nSPS) is 16.2. The van der Waals surface area contributed by atoms with Gasteiger partial charge < -0.3 is 10.6 Å². The highest BCUT2D eigenvalue weighted by molar-refractivity contribution is 5.79. The van der Waals surface area contributed by atoms with Gasteiger partial charge >= 0.3 is 0 Å². The molecule has 0 radical (unpaired) electrons. The molecule has 1 aromatic carbocycles. The van der Waals surface area contributed by atoms with Crippen LogP contribution >= 0.6 is 0 Å². The van der Waals surface area contributed by atoms with Crippen molar-refractivity contribution in [3.63, 3.8) is 0 Å². The molecule has 0 heterocycles. The number of carbonyl (C=O) groups excluding carboxylic acids is 1. The van der Waals surface area contributed by atoms with Crippen LogP contribution in [-0.2, 0) is 11.3 Å². The summed E-state index contributed by atoms with van der Waals surface area (Å²) in [6.45, 7) is 5.38. The van der Waals surface area contributed by atoms with Crippen LogP contribution in [0.4, 0.5) is 0 Å². The van der Waals surface area contributed by atoms with Gasteiger partial charge in [0.05, 0.1) is 0 Å². The fraction of sp³-hybridized carbons (Fsp3) is 0.562. The Balaban J connectivity index is 2.04. The van der Waals surface area contributed by atoms with E-state index in [1.165, 1.54) is 11.1 Å². The summed E-state index contributed by atoms with van der Waals surface area (Å²) >= 11 is 0. The summed E-state index contributed by atoms with van der Waals surface area (Å²) in [6, 6.07) is 8.90. The van der Waals surface area contributed by atoms with Crippen molar-refractivity contribution in [2.24, 2.45) is 11.7 Å². The molecular weight excluding hydrogens is 236 g/mol. The van der Waals surface area contributed by atoms with E-state index in [0.29, 0.717) is 12.6 Å². The molecule has 19 heavy (non-hydrogen) atoms. The first-order chi connectivity index (χ1) is 9.11. The number of hydrogen-bond donors (Lipinski definition) is 1. The van der Waals surface area contributed by atoms with Crippen molar-refractivity contribution in [3.8, 4) is 0 Å². The van der Waals surface area contributed by atoms with Crippen LogP contribution in [0.3, 0.4) is 0 Å². The van der Waals surface area contributed by atoms with Gasteiger partial charge in [-0.3, -0.25) is 4.79 Å². The second-order valence-electron chi connectivity index (χ2n) is 5.66. The van der Waals surface area contributed by atoms with Crippen molar-refractivity contribution in [1.29, 1.82) is 0 Å². The Labute approximate surface area is 115 Å². The van der Waals surface area contributed by atoms with Gasteiger partial charge in [-0.05, 0) is 38.3 Å². The van der Waals surface area contributed by atoms with Gasteiger partial charge in [0.15, 0.2) is 0 Å². The van der Waals surface area contributed by atoms with E-state index in [1.54, 1.807) is 0 Å². The fourth-order valence-corrected chi connectivity index (χ4v) is 2.32. The van der Waals surface area contributed by atoms with Crippen LogP contribution in [0.5, 0.6) is 0 Å². The van der Waals surface area contributed by atoms with Gasteiger partial charge in [-0.15, -0.1) is 0 Å². The third kappa shape index (κ3) is 3.80. The molecule has 1 fully saturated rings. The molecule has 0 aromatic heterocycles. The van der Waals surface area contributed by atoms with Crippen LogP contribution in [0.1, 0.15) is 37.3 Å². The Bertz CT molecular complexity index is 423. The van der Waals surface area contributed by atoms with Crippen molar-refractivity contribution in [3.05, 3.63) is 35.4 Å². The van der Waals surface area contributed by atoms with E-state index in [-0.39, 0.29) is 11.8 Å². The summed E-state index contributed by atoms with van der Waals surface area (Å²) in [5.41, 5.74) is 8.03. The Hall–Kier alpha value is -1.35. The minimum absolute atomic E-state index is 0.0380. The number of nitrogens with two attached hydrogens (primary N) is 1. The molecule has 1 atom stereocenters. The van der Waals surface area contributed by atoms with Crippen LogP contribution < -0.4 is 5.73 Å². The Kier molecular flexibility index (Phi) is 4.59. The van der Waals surface area contributed by atoms with Crippen LogP contribution in [0, 0.1) is 12.8 Å². The first-order valence-corrected chi connectivity index (χ1v) is 7.18. The second-order valence-corrected chi connectivity index (χ2v) is 5.66. The number of amides is 1. The number of nitrogens with zero attached hydrogens (tertiary/aromatic N) is 1. The molecule has 1 amide bonds. The van der Waals surface area contributed by atoms with Crippen molar-refractivity contribution in [2.75, 3.05) is 6.54 Å². The van der Waals surface area contributed by atoms with Crippen LogP contribution in [0.15, 0.2) is 24.3 Å². The number of hydrogen-bond acceptors (Lipinski definition) is 2. The van der Waals surface area contributed by atoms with Gasteiger partial charge in [0.2, 0.25) is 5.91 Å². The number of aryl methyl sites for hydroxylation is 1. The molecule has 2 rings (SSSR count). The lowest BCUT2D eigenvalue weighted by Gasteiger charge is -2.26. The zero-order valence-corrected chi connectivity index (χ0v) is 11.9. The van der Waals surface area contributed by atoms with Gasteiger partial charge in [0, 0.05) is 18.5 Å². The summed E-state index contributed by atoms with van der Waals surface area (Å²) in [6.07, 6.45) is 3.07. The SMILES string of the molecule is Cc1ccc(CN(C(=O)C(C)CCN)C2CC2)cc1. The Morgan fingerprint density at radius 1 is 1.37 bits per heavy atom. The molecule has 104 valence electrons. The average Bonchev–Trinajstić information content (AvgIpc) is 3.22. The molecule has 1 saturated carbocycles. The van der Waals surface area contributed by atoms with E-state index >= 15 is 0 Å². The molecule has 3 nitrogen and oxygen atoms in total. The molecule has 0 spiro atoms. The zero-order valence-electron chi connectivity index (χ0n) is 11.9. The standard InChI is InChI=1S/C16H24N2O/c1-12-3-5-14(6-4-12)11-18(15-7-8-15)16(19)13(2)9-10-17/h3-6,13,15H,7-11,17H2,1-2H3. The summed E-state index contributed by atoms with van der Waals surface area (Å²) in [5, 5.41) is 0.